The van der Waals surface area contributed by atoms with E-state index in [4.69, 9.17) is 10.8 Å². The van der Waals surface area contributed by atoms with Crippen molar-refractivity contribution < 1.29 is 23.4 Å². The molecule has 3 nitrogen and oxygen atoms in total. The summed E-state index contributed by atoms with van der Waals surface area (Å²) < 4.78 is 36.0. The second-order valence-electron chi connectivity index (χ2n) is 3.17. The summed E-state index contributed by atoms with van der Waals surface area (Å²) >= 11 is 0. The topological polar surface area (TPSA) is 66.5 Å². The third-order valence-electron chi connectivity index (χ3n) is 1.86. The van der Waals surface area contributed by atoms with Gasteiger partial charge in [0.2, 0.25) is 0 Å². The molecule has 0 radical (unpaired) electrons. The molecule has 0 bridgehead atoms. The van der Waals surface area contributed by atoms with Gasteiger partial charge in [0, 0.05) is 11.6 Å². The first-order valence-corrected chi connectivity index (χ1v) is 4.14. The lowest BCUT2D eigenvalue weighted by Gasteiger charge is -2.15. The van der Waals surface area contributed by atoms with Crippen molar-refractivity contribution >= 4 is 12.4 Å². The van der Waals surface area contributed by atoms with Gasteiger partial charge in [0.1, 0.15) is 11.5 Å². The molecular formula is C9H11ClF3NO2. The van der Waals surface area contributed by atoms with E-state index < -0.39 is 18.6 Å². The molecule has 1 rings (SSSR count). The second kappa shape index (κ2) is 5.27. The highest BCUT2D eigenvalue weighted by atomic mass is 35.5. The molecule has 4 N–H and O–H groups in total. The number of hydrogen-bond donors (Lipinski definition) is 3. The first-order chi connectivity index (χ1) is 6.79. The first-order valence-electron chi connectivity index (χ1n) is 4.14. The fourth-order valence-corrected chi connectivity index (χ4v) is 1.20. The molecule has 1 aromatic carbocycles. The Morgan fingerprint density at radius 2 is 1.81 bits per heavy atom. The van der Waals surface area contributed by atoms with Crippen molar-refractivity contribution in [2.75, 3.05) is 0 Å². The van der Waals surface area contributed by atoms with Gasteiger partial charge < -0.3 is 15.9 Å². The van der Waals surface area contributed by atoms with Crippen LogP contribution in [-0.2, 0) is 0 Å². The van der Waals surface area contributed by atoms with Crippen molar-refractivity contribution in [2.24, 2.45) is 5.73 Å². The lowest BCUT2D eigenvalue weighted by atomic mass is 10.0. The number of alkyl halides is 3. The number of nitrogens with two attached hydrogens (primary N) is 1. The fourth-order valence-electron chi connectivity index (χ4n) is 1.20. The van der Waals surface area contributed by atoms with E-state index in [2.05, 4.69) is 0 Å². The minimum atomic E-state index is -4.41. The summed E-state index contributed by atoms with van der Waals surface area (Å²) in [5, 5.41) is 18.3. The van der Waals surface area contributed by atoms with E-state index in [1.54, 1.807) is 0 Å². The van der Waals surface area contributed by atoms with Crippen LogP contribution in [0.5, 0.6) is 11.5 Å². The van der Waals surface area contributed by atoms with Crippen molar-refractivity contribution in [3.63, 3.8) is 0 Å². The molecule has 0 aromatic heterocycles. The van der Waals surface area contributed by atoms with Crippen LogP contribution in [0.4, 0.5) is 13.2 Å². The van der Waals surface area contributed by atoms with Gasteiger partial charge in [0.25, 0.3) is 0 Å². The number of phenols is 2. The van der Waals surface area contributed by atoms with Gasteiger partial charge in [0.15, 0.2) is 0 Å². The third kappa shape index (κ3) is 4.16. The molecule has 0 spiro atoms. The van der Waals surface area contributed by atoms with Crippen LogP contribution in [0.25, 0.3) is 0 Å². The van der Waals surface area contributed by atoms with Crippen molar-refractivity contribution in [1.29, 1.82) is 0 Å². The Bertz CT molecular complexity index is 357. The maximum atomic E-state index is 12.0. The Balaban J connectivity index is 0.00000225. The van der Waals surface area contributed by atoms with Gasteiger partial charge in [-0.1, -0.05) is 0 Å². The summed E-state index contributed by atoms with van der Waals surface area (Å²) in [4.78, 5) is 0. The van der Waals surface area contributed by atoms with E-state index in [0.717, 1.165) is 12.1 Å². The standard InChI is InChI=1S/C9H10F3NO2.ClH/c10-9(11,12)4-7(13)6-3-5(14)1-2-8(6)15;/h1-3,7,14-15H,4,13H2;1H/t7-;/m0./s1. The number of rotatable bonds is 2. The molecule has 16 heavy (non-hydrogen) atoms. The highest BCUT2D eigenvalue weighted by Crippen LogP contribution is 2.33. The van der Waals surface area contributed by atoms with Crippen LogP contribution >= 0.6 is 12.4 Å². The van der Waals surface area contributed by atoms with Crippen molar-refractivity contribution in [2.45, 2.75) is 18.6 Å². The van der Waals surface area contributed by atoms with Crippen LogP contribution < -0.4 is 5.73 Å². The van der Waals surface area contributed by atoms with Crippen LogP contribution in [0, 0.1) is 0 Å². The average molecular weight is 258 g/mol. The molecule has 0 heterocycles. The maximum absolute atomic E-state index is 12.0. The predicted octanol–water partition coefficient (Wildman–Crippen LogP) is 2.47. The van der Waals surface area contributed by atoms with Crippen LogP contribution in [-0.4, -0.2) is 16.4 Å². The third-order valence-corrected chi connectivity index (χ3v) is 1.86. The van der Waals surface area contributed by atoms with E-state index in [1.807, 2.05) is 0 Å². The van der Waals surface area contributed by atoms with Gasteiger partial charge in [-0.05, 0) is 18.2 Å². The highest BCUT2D eigenvalue weighted by molar-refractivity contribution is 5.85. The van der Waals surface area contributed by atoms with E-state index in [9.17, 15) is 18.3 Å². The minimum absolute atomic E-state index is 0. The number of hydrogen-bond acceptors (Lipinski definition) is 3. The van der Waals surface area contributed by atoms with Crippen LogP contribution in [0.3, 0.4) is 0 Å². The quantitative estimate of drug-likeness (QED) is 0.713. The largest absolute Gasteiger partial charge is 0.508 e. The summed E-state index contributed by atoms with van der Waals surface area (Å²) in [7, 11) is 0. The van der Waals surface area contributed by atoms with E-state index in [-0.39, 0.29) is 29.5 Å². The van der Waals surface area contributed by atoms with Crippen molar-refractivity contribution in [3.8, 4) is 11.5 Å². The molecule has 92 valence electrons. The molecule has 0 saturated heterocycles. The number of halogens is 4. The fraction of sp³-hybridized carbons (Fsp3) is 0.333. The van der Waals surface area contributed by atoms with E-state index in [1.165, 1.54) is 6.07 Å². The van der Waals surface area contributed by atoms with Gasteiger partial charge >= 0.3 is 6.18 Å². The summed E-state index contributed by atoms with van der Waals surface area (Å²) in [6.45, 7) is 0. The van der Waals surface area contributed by atoms with Gasteiger partial charge in [-0.25, -0.2) is 0 Å². The minimum Gasteiger partial charge on any atom is -0.508 e. The Morgan fingerprint density at radius 3 is 2.31 bits per heavy atom. The normalized spacial score (nSPS) is 13.0. The molecular weight excluding hydrogens is 247 g/mol. The molecule has 0 saturated carbocycles. The Morgan fingerprint density at radius 1 is 1.25 bits per heavy atom. The second-order valence-corrected chi connectivity index (χ2v) is 3.17. The van der Waals surface area contributed by atoms with E-state index in [0.29, 0.717) is 0 Å². The smallest absolute Gasteiger partial charge is 0.390 e. The summed E-state index contributed by atoms with van der Waals surface area (Å²) in [5.41, 5.74) is 5.14. The molecule has 0 fully saturated rings. The Labute approximate surface area is 96.1 Å². The van der Waals surface area contributed by atoms with Gasteiger partial charge in [0.05, 0.1) is 6.42 Å². The molecule has 1 atom stereocenters. The van der Waals surface area contributed by atoms with Crippen molar-refractivity contribution in [3.05, 3.63) is 23.8 Å². The zero-order valence-corrected chi connectivity index (χ0v) is 8.85. The van der Waals surface area contributed by atoms with Gasteiger partial charge in [-0.3, -0.25) is 0 Å². The summed E-state index contributed by atoms with van der Waals surface area (Å²) in [5.74, 6) is -0.593. The van der Waals surface area contributed by atoms with Gasteiger partial charge in [-0.15, -0.1) is 12.4 Å². The zero-order valence-electron chi connectivity index (χ0n) is 8.03. The Hall–Kier alpha value is -1.14. The Kier molecular flexibility index (Phi) is 4.89. The monoisotopic (exact) mass is 257 g/mol. The number of aromatic hydroxyl groups is 2. The average Bonchev–Trinajstić information content (AvgIpc) is 2.06. The van der Waals surface area contributed by atoms with Crippen LogP contribution in [0.15, 0.2) is 18.2 Å². The molecule has 0 amide bonds. The SMILES string of the molecule is Cl.N[C@@H](CC(F)(F)F)c1cc(O)ccc1O. The molecule has 0 aliphatic rings. The van der Waals surface area contributed by atoms with Crippen molar-refractivity contribution in [1.82, 2.24) is 0 Å². The summed E-state index contributed by atoms with van der Waals surface area (Å²) in [6.07, 6.45) is -5.65. The lowest BCUT2D eigenvalue weighted by Crippen LogP contribution is -2.20. The van der Waals surface area contributed by atoms with E-state index >= 15 is 0 Å². The zero-order chi connectivity index (χ0) is 11.6. The molecule has 0 aliphatic carbocycles. The maximum Gasteiger partial charge on any atom is 0.390 e. The molecule has 7 heteroatoms. The lowest BCUT2D eigenvalue weighted by molar-refractivity contribution is -0.138. The molecule has 1 aromatic rings. The molecule has 0 aliphatic heterocycles. The molecule has 0 unspecified atom stereocenters. The van der Waals surface area contributed by atoms with Crippen LogP contribution in [0.2, 0.25) is 0 Å². The number of benzene rings is 1. The number of phenolic OH excluding ortho intramolecular Hbond substituents is 2. The predicted molar refractivity (Wildman–Crippen MR) is 54.6 cm³/mol. The highest BCUT2D eigenvalue weighted by Gasteiger charge is 2.31. The first kappa shape index (κ1) is 14.9. The van der Waals surface area contributed by atoms with Gasteiger partial charge in [-0.2, -0.15) is 13.2 Å². The van der Waals surface area contributed by atoms with Crippen LogP contribution in [0.1, 0.15) is 18.0 Å². The summed E-state index contributed by atoms with van der Waals surface area (Å²) in [6, 6.07) is 1.91.